The molecule has 0 aliphatic carbocycles. The topological polar surface area (TPSA) is 56.8 Å². The van der Waals surface area contributed by atoms with Crippen LogP contribution in [0.1, 0.15) is 17.3 Å². The number of hydrogen-bond acceptors (Lipinski definition) is 4. The first-order valence-corrected chi connectivity index (χ1v) is 6.70. The molecule has 0 spiro atoms. The van der Waals surface area contributed by atoms with Crippen molar-refractivity contribution in [3.63, 3.8) is 0 Å². The second-order valence-electron chi connectivity index (χ2n) is 4.48. The minimum Gasteiger partial charge on any atom is -0.494 e. The van der Waals surface area contributed by atoms with Crippen molar-refractivity contribution in [2.75, 3.05) is 18.7 Å². The molecule has 0 atom stereocenters. The SMILES string of the molecule is CCOc1ccc(C(=O)Nc2ccc3c(c2)OCO3)cc1. The monoisotopic (exact) mass is 285 g/mol. The maximum absolute atomic E-state index is 12.2. The van der Waals surface area contributed by atoms with E-state index in [1.807, 2.05) is 6.92 Å². The van der Waals surface area contributed by atoms with E-state index in [0.29, 0.717) is 29.4 Å². The highest BCUT2D eigenvalue weighted by molar-refractivity contribution is 6.04. The highest BCUT2D eigenvalue weighted by atomic mass is 16.7. The van der Waals surface area contributed by atoms with Crippen molar-refractivity contribution in [3.8, 4) is 17.2 Å². The van der Waals surface area contributed by atoms with Crippen LogP contribution in [0.5, 0.6) is 17.2 Å². The van der Waals surface area contributed by atoms with Crippen LogP contribution < -0.4 is 19.5 Å². The number of fused-ring (bicyclic) bond motifs is 1. The molecule has 1 N–H and O–H groups in total. The Morgan fingerprint density at radius 3 is 2.67 bits per heavy atom. The molecule has 3 rings (SSSR count). The van der Waals surface area contributed by atoms with Crippen molar-refractivity contribution >= 4 is 11.6 Å². The van der Waals surface area contributed by atoms with Gasteiger partial charge in [-0.15, -0.1) is 0 Å². The van der Waals surface area contributed by atoms with Gasteiger partial charge in [0.15, 0.2) is 11.5 Å². The molecule has 0 saturated carbocycles. The second-order valence-corrected chi connectivity index (χ2v) is 4.48. The molecule has 0 unspecified atom stereocenters. The highest BCUT2D eigenvalue weighted by Gasteiger charge is 2.14. The van der Waals surface area contributed by atoms with Crippen molar-refractivity contribution in [2.45, 2.75) is 6.92 Å². The standard InChI is InChI=1S/C16H15NO4/c1-2-19-13-6-3-11(4-7-13)16(18)17-12-5-8-14-15(9-12)21-10-20-14/h3-9H,2,10H2,1H3,(H,17,18). The van der Waals surface area contributed by atoms with E-state index in [0.717, 1.165) is 5.75 Å². The third-order valence-electron chi connectivity index (χ3n) is 3.06. The van der Waals surface area contributed by atoms with Gasteiger partial charge in [0.2, 0.25) is 6.79 Å². The molecule has 0 radical (unpaired) electrons. The Labute approximate surface area is 122 Å². The maximum Gasteiger partial charge on any atom is 0.255 e. The summed E-state index contributed by atoms with van der Waals surface area (Å²) in [6.07, 6.45) is 0. The largest absolute Gasteiger partial charge is 0.494 e. The number of amides is 1. The summed E-state index contributed by atoms with van der Waals surface area (Å²) in [7, 11) is 0. The van der Waals surface area contributed by atoms with Gasteiger partial charge >= 0.3 is 0 Å². The van der Waals surface area contributed by atoms with Crippen LogP contribution in [0.4, 0.5) is 5.69 Å². The van der Waals surface area contributed by atoms with Crippen molar-refractivity contribution < 1.29 is 19.0 Å². The molecule has 1 aliphatic rings. The first-order chi connectivity index (χ1) is 10.3. The van der Waals surface area contributed by atoms with Gasteiger partial charge in [-0.2, -0.15) is 0 Å². The summed E-state index contributed by atoms with van der Waals surface area (Å²) in [6, 6.07) is 12.3. The van der Waals surface area contributed by atoms with Gasteiger partial charge in [0, 0.05) is 17.3 Å². The van der Waals surface area contributed by atoms with Gasteiger partial charge in [0.1, 0.15) is 5.75 Å². The number of anilines is 1. The number of benzene rings is 2. The summed E-state index contributed by atoms with van der Waals surface area (Å²) in [6.45, 7) is 2.73. The molecule has 0 aromatic heterocycles. The second kappa shape index (κ2) is 5.75. The van der Waals surface area contributed by atoms with E-state index in [1.54, 1.807) is 42.5 Å². The summed E-state index contributed by atoms with van der Waals surface area (Å²) in [5.74, 6) is 1.89. The summed E-state index contributed by atoms with van der Waals surface area (Å²) < 4.78 is 15.9. The Kier molecular flexibility index (Phi) is 3.64. The molecule has 21 heavy (non-hydrogen) atoms. The predicted octanol–water partition coefficient (Wildman–Crippen LogP) is 3.07. The van der Waals surface area contributed by atoms with Crippen LogP contribution in [0.25, 0.3) is 0 Å². The van der Waals surface area contributed by atoms with Gasteiger partial charge < -0.3 is 19.5 Å². The Morgan fingerprint density at radius 1 is 1.14 bits per heavy atom. The van der Waals surface area contributed by atoms with E-state index in [1.165, 1.54) is 0 Å². The molecule has 0 bridgehead atoms. The third-order valence-corrected chi connectivity index (χ3v) is 3.06. The van der Waals surface area contributed by atoms with Crippen LogP contribution in [0.2, 0.25) is 0 Å². The van der Waals surface area contributed by atoms with Gasteiger partial charge in [-0.3, -0.25) is 4.79 Å². The van der Waals surface area contributed by atoms with Crippen molar-refractivity contribution in [1.82, 2.24) is 0 Å². The molecule has 108 valence electrons. The molecule has 1 amide bonds. The molecular formula is C16H15NO4. The van der Waals surface area contributed by atoms with Gasteiger partial charge in [-0.25, -0.2) is 0 Å². The molecule has 5 heteroatoms. The van der Waals surface area contributed by atoms with E-state index in [2.05, 4.69) is 5.32 Å². The number of carbonyl (C=O) groups is 1. The maximum atomic E-state index is 12.2. The molecule has 1 heterocycles. The zero-order valence-electron chi connectivity index (χ0n) is 11.6. The molecule has 0 fully saturated rings. The van der Waals surface area contributed by atoms with Crippen molar-refractivity contribution in [2.24, 2.45) is 0 Å². The lowest BCUT2D eigenvalue weighted by Crippen LogP contribution is -2.11. The third kappa shape index (κ3) is 2.91. The van der Waals surface area contributed by atoms with Crippen LogP contribution in [-0.4, -0.2) is 19.3 Å². The number of ether oxygens (including phenoxy) is 3. The lowest BCUT2D eigenvalue weighted by Gasteiger charge is -2.07. The van der Waals surface area contributed by atoms with Crippen LogP contribution in [0.3, 0.4) is 0 Å². The fourth-order valence-electron chi connectivity index (χ4n) is 2.05. The van der Waals surface area contributed by atoms with E-state index in [4.69, 9.17) is 14.2 Å². The fourth-order valence-corrected chi connectivity index (χ4v) is 2.05. The van der Waals surface area contributed by atoms with Gasteiger partial charge in [-0.1, -0.05) is 0 Å². The lowest BCUT2D eigenvalue weighted by molar-refractivity contribution is 0.102. The number of hydrogen-bond donors (Lipinski definition) is 1. The Morgan fingerprint density at radius 2 is 1.90 bits per heavy atom. The summed E-state index contributed by atoms with van der Waals surface area (Å²) in [4.78, 5) is 12.2. The van der Waals surface area contributed by atoms with Crippen LogP contribution in [0.15, 0.2) is 42.5 Å². The summed E-state index contributed by atoms with van der Waals surface area (Å²) in [5, 5.41) is 2.82. The zero-order chi connectivity index (χ0) is 14.7. The van der Waals surface area contributed by atoms with Crippen molar-refractivity contribution in [3.05, 3.63) is 48.0 Å². The minimum absolute atomic E-state index is 0.183. The van der Waals surface area contributed by atoms with Crippen LogP contribution in [-0.2, 0) is 0 Å². The fraction of sp³-hybridized carbons (Fsp3) is 0.188. The summed E-state index contributed by atoms with van der Waals surface area (Å²) >= 11 is 0. The quantitative estimate of drug-likeness (QED) is 0.938. The molecule has 5 nitrogen and oxygen atoms in total. The first kappa shape index (κ1) is 13.3. The van der Waals surface area contributed by atoms with Gasteiger partial charge in [0.25, 0.3) is 5.91 Å². The molecule has 1 aliphatic heterocycles. The highest BCUT2D eigenvalue weighted by Crippen LogP contribution is 2.34. The molecule has 2 aromatic rings. The minimum atomic E-state index is -0.183. The van der Waals surface area contributed by atoms with Crippen molar-refractivity contribution in [1.29, 1.82) is 0 Å². The van der Waals surface area contributed by atoms with E-state index >= 15 is 0 Å². The average Bonchev–Trinajstić information content (AvgIpc) is 2.96. The normalized spacial score (nSPS) is 12.0. The van der Waals surface area contributed by atoms with Crippen LogP contribution in [0, 0.1) is 0 Å². The van der Waals surface area contributed by atoms with E-state index in [9.17, 15) is 4.79 Å². The smallest absolute Gasteiger partial charge is 0.255 e. The summed E-state index contributed by atoms with van der Waals surface area (Å²) in [5.41, 5.74) is 1.23. The first-order valence-electron chi connectivity index (χ1n) is 6.70. The van der Waals surface area contributed by atoms with Gasteiger partial charge in [-0.05, 0) is 43.3 Å². The number of rotatable bonds is 4. The van der Waals surface area contributed by atoms with Gasteiger partial charge in [0.05, 0.1) is 6.61 Å². The van der Waals surface area contributed by atoms with Crippen LogP contribution >= 0.6 is 0 Å². The Balaban J connectivity index is 1.71. The van der Waals surface area contributed by atoms with E-state index < -0.39 is 0 Å². The zero-order valence-corrected chi connectivity index (χ0v) is 11.6. The Bertz CT molecular complexity index is 652. The van der Waals surface area contributed by atoms with E-state index in [-0.39, 0.29) is 12.7 Å². The number of nitrogens with one attached hydrogen (secondary N) is 1. The predicted molar refractivity (Wildman–Crippen MR) is 78.1 cm³/mol. The molecule has 2 aromatic carbocycles. The lowest BCUT2D eigenvalue weighted by atomic mass is 10.2. The number of carbonyl (C=O) groups excluding carboxylic acids is 1. The Hall–Kier alpha value is -2.69. The molecule has 0 saturated heterocycles. The average molecular weight is 285 g/mol. The molecular weight excluding hydrogens is 270 g/mol.